The molecule has 0 unspecified atom stereocenters. The maximum absolute atomic E-state index is 13.5. The van der Waals surface area contributed by atoms with E-state index in [1.807, 2.05) is 43.3 Å². The smallest absolute Gasteiger partial charge is 0.243 e. The third-order valence-corrected chi connectivity index (χ3v) is 8.89. The Bertz CT molecular complexity index is 1330. The molecule has 0 aliphatic heterocycles. The number of hydrogen-bond donors (Lipinski definition) is 1. The van der Waals surface area contributed by atoms with Gasteiger partial charge in [-0.15, -0.1) is 0 Å². The van der Waals surface area contributed by atoms with Gasteiger partial charge in [0.25, 0.3) is 0 Å². The lowest BCUT2D eigenvalue weighted by Gasteiger charge is -2.32. The van der Waals surface area contributed by atoms with E-state index in [-0.39, 0.29) is 17.9 Å². The number of likely N-dealkylation sites (N-methyl/N-ethyl adjacent to an activating group) is 1. The molecule has 1 fully saturated rings. The van der Waals surface area contributed by atoms with Crippen LogP contribution in [0, 0.1) is 6.92 Å². The van der Waals surface area contributed by atoms with Gasteiger partial charge in [-0.1, -0.05) is 66.2 Å². The Morgan fingerprint density at radius 2 is 1.56 bits per heavy atom. The fourth-order valence-corrected chi connectivity index (χ4v) is 6.73. The summed E-state index contributed by atoms with van der Waals surface area (Å²) in [7, 11) is -1.85. The molecule has 0 saturated heterocycles. The fraction of sp³-hybridized carbons (Fsp3) is 0.259. The molecule has 1 aliphatic rings. The van der Waals surface area contributed by atoms with Crippen molar-refractivity contribution in [3.05, 3.63) is 102 Å². The van der Waals surface area contributed by atoms with Gasteiger partial charge in [0, 0.05) is 36.1 Å². The Morgan fingerprint density at radius 3 is 2.31 bits per heavy atom. The minimum Gasteiger partial charge on any atom is -0.361 e. The van der Waals surface area contributed by atoms with Crippen LogP contribution in [-0.2, 0) is 10.0 Å². The van der Waals surface area contributed by atoms with Crippen LogP contribution in [0.1, 0.15) is 41.4 Å². The Labute approximate surface area is 190 Å². The van der Waals surface area contributed by atoms with Crippen LogP contribution in [0.25, 0.3) is 10.9 Å². The lowest BCUT2D eigenvalue weighted by molar-refractivity contribution is 0.340. The molecule has 1 saturated carbocycles. The summed E-state index contributed by atoms with van der Waals surface area (Å²) in [4.78, 5) is 3.77. The van der Waals surface area contributed by atoms with Gasteiger partial charge in [0.05, 0.1) is 4.90 Å². The van der Waals surface area contributed by atoms with Crippen molar-refractivity contribution in [2.24, 2.45) is 0 Å². The summed E-state index contributed by atoms with van der Waals surface area (Å²) in [6.07, 6.45) is 3.88. The van der Waals surface area contributed by atoms with Crippen LogP contribution >= 0.6 is 0 Å². The standard InChI is InChI=1S/C27H28N2O2S/c1-19-12-14-21(15-13-19)32(30,31)29(2)26-17-16-23(27(26)20-8-4-3-5-9-20)24-18-28-25-11-7-6-10-22(24)25/h3-15,18,23,26-28H,16-17H2,1-2H3/t23-,26-,27+/m1/s1. The minimum absolute atomic E-state index is 0.0839. The van der Waals surface area contributed by atoms with E-state index in [4.69, 9.17) is 0 Å². The molecule has 3 aromatic carbocycles. The first-order valence-electron chi connectivity index (χ1n) is 11.1. The third-order valence-electron chi connectivity index (χ3n) is 6.99. The third kappa shape index (κ3) is 3.55. The zero-order chi connectivity index (χ0) is 22.3. The predicted octanol–water partition coefficient (Wildman–Crippen LogP) is 5.83. The van der Waals surface area contributed by atoms with E-state index in [0.29, 0.717) is 4.90 Å². The van der Waals surface area contributed by atoms with Crippen LogP contribution in [0.2, 0.25) is 0 Å². The van der Waals surface area contributed by atoms with Crippen LogP contribution in [0.5, 0.6) is 0 Å². The highest BCUT2D eigenvalue weighted by Crippen LogP contribution is 2.50. The summed E-state index contributed by atoms with van der Waals surface area (Å²) >= 11 is 0. The quantitative estimate of drug-likeness (QED) is 0.421. The van der Waals surface area contributed by atoms with Gasteiger partial charge in [0.2, 0.25) is 10.0 Å². The van der Waals surface area contributed by atoms with Gasteiger partial charge < -0.3 is 4.98 Å². The van der Waals surface area contributed by atoms with Gasteiger partial charge in [-0.25, -0.2) is 8.42 Å². The van der Waals surface area contributed by atoms with Crippen LogP contribution in [-0.4, -0.2) is 30.8 Å². The maximum Gasteiger partial charge on any atom is 0.243 e. The Balaban J connectivity index is 1.57. The van der Waals surface area contributed by atoms with Crippen LogP contribution in [0.3, 0.4) is 0 Å². The van der Waals surface area contributed by atoms with E-state index in [1.165, 1.54) is 16.5 Å². The van der Waals surface area contributed by atoms with Crippen molar-refractivity contribution in [2.75, 3.05) is 7.05 Å². The number of aromatic amines is 1. The summed E-state index contributed by atoms with van der Waals surface area (Å²) < 4.78 is 28.7. The van der Waals surface area contributed by atoms with Crippen LogP contribution in [0.15, 0.2) is 90.0 Å². The zero-order valence-electron chi connectivity index (χ0n) is 18.4. The molecule has 1 N–H and O–H groups in total. The number of fused-ring (bicyclic) bond motifs is 1. The van der Waals surface area contributed by atoms with Crippen molar-refractivity contribution in [2.45, 2.75) is 42.5 Å². The van der Waals surface area contributed by atoms with E-state index in [2.05, 4.69) is 41.5 Å². The molecule has 3 atom stereocenters. The molecule has 5 heteroatoms. The number of benzene rings is 3. The van der Waals surface area contributed by atoms with E-state index < -0.39 is 10.0 Å². The van der Waals surface area contributed by atoms with E-state index >= 15 is 0 Å². The largest absolute Gasteiger partial charge is 0.361 e. The summed E-state index contributed by atoms with van der Waals surface area (Å²) in [6.45, 7) is 1.97. The first-order valence-corrected chi connectivity index (χ1v) is 12.6. The van der Waals surface area contributed by atoms with Gasteiger partial charge in [0.1, 0.15) is 0 Å². The molecule has 4 aromatic rings. The fourth-order valence-electron chi connectivity index (χ4n) is 5.32. The maximum atomic E-state index is 13.5. The van der Waals surface area contributed by atoms with Gasteiger partial charge in [0.15, 0.2) is 0 Å². The van der Waals surface area contributed by atoms with Crippen molar-refractivity contribution in [3.63, 3.8) is 0 Å². The summed E-state index contributed by atoms with van der Waals surface area (Å²) in [6, 6.07) is 25.8. The van der Waals surface area contributed by atoms with Gasteiger partial charge in [-0.05, 0) is 55.0 Å². The van der Waals surface area contributed by atoms with Gasteiger partial charge >= 0.3 is 0 Å². The molecule has 4 nitrogen and oxygen atoms in total. The highest BCUT2D eigenvalue weighted by molar-refractivity contribution is 7.89. The summed E-state index contributed by atoms with van der Waals surface area (Å²) in [5.74, 6) is 0.329. The predicted molar refractivity (Wildman–Crippen MR) is 129 cm³/mol. The Hall–Kier alpha value is -2.89. The molecule has 1 aliphatic carbocycles. The normalized spacial score (nSPS) is 21.4. The number of para-hydroxylation sites is 1. The number of hydrogen-bond acceptors (Lipinski definition) is 2. The summed E-state index contributed by atoms with van der Waals surface area (Å²) in [5, 5.41) is 1.23. The van der Waals surface area contributed by atoms with E-state index in [0.717, 1.165) is 23.9 Å². The van der Waals surface area contributed by atoms with Crippen molar-refractivity contribution in [1.82, 2.24) is 9.29 Å². The number of rotatable bonds is 5. The average Bonchev–Trinajstić information content (AvgIpc) is 3.43. The summed E-state index contributed by atoms with van der Waals surface area (Å²) in [5.41, 5.74) is 4.64. The molecule has 0 amide bonds. The molecule has 0 bridgehead atoms. The van der Waals surface area contributed by atoms with Gasteiger partial charge in [-0.3, -0.25) is 0 Å². The number of aryl methyl sites for hydroxylation is 1. The molecule has 32 heavy (non-hydrogen) atoms. The van der Waals surface area contributed by atoms with Crippen molar-refractivity contribution >= 4 is 20.9 Å². The van der Waals surface area contributed by atoms with Crippen molar-refractivity contribution in [1.29, 1.82) is 0 Å². The lowest BCUT2D eigenvalue weighted by atomic mass is 9.82. The number of H-pyrrole nitrogens is 1. The number of nitrogens with zero attached hydrogens (tertiary/aromatic N) is 1. The van der Waals surface area contributed by atoms with Crippen molar-refractivity contribution < 1.29 is 8.42 Å². The first kappa shape index (κ1) is 21.0. The molecule has 5 rings (SSSR count). The first-order chi connectivity index (χ1) is 15.5. The Morgan fingerprint density at radius 1 is 0.875 bits per heavy atom. The van der Waals surface area contributed by atoms with Crippen LogP contribution < -0.4 is 0 Å². The molecular weight excluding hydrogens is 416 g/mol. The molecule has 1 heterocycles. The highest BCUT2D eigenvalue weighted by atomic mass is 32.2. The van der Waals surface area contributed by atoms with E-state index in [9.17, 15) is 8.42 Å². The molecular formula is C27H28N2O2S. The molecule has 1 aromatic heterocycles. The second kappa shape index (κ2) is 8.23. The zero-order valence-corrected chi connectivity index (χ0v) is 19.2. The van der Waals surface area contributed by atoms with Crippen molar-refractivity contribution in [3.8, 4) is 0 Å². The van der Waals surface area contributed by atoms with E-state index in [1.54, 1.807) is 23.5 Å². The topological polar surface area (TPSA) is 53.2 Å². The number of sulfonamides is 1. The van der Waals surface area contributed by atoms with Gasteiger partial charge in [-0.2, -0.15) is 4.31 Å². The van der Waals surface area contributed by atoms with Crippen LogP contribution in [0.4, 0.5) is 0 Å². The Kier molecular flexibility index (Phi) is 5.39. The monoisotopic (exact) mass is 444 g/mol. The highest BCUT2D eigenvalue weighted by Gasteiger charge is 2.44. The number of aromatic nitrogens is 1. The second-order valence-corrected chi connectivity index (χ2v) is 10.8. The number of nitrogens with one attached hydrogen (secondary N) is 1. The average molecular weight is 445 g/mol. The SMILES string of the molecule is Cc1ccc(S(=O)(=O)N(C)[C@@H]2CC[C@H](c3c[nH]c4ccccc34)[C@@H]2c2ccccc2)cc1. The molecule has 0 radical (unpaired) electrons. The molecule has 164 valence electrons. The minimum atomic E-state index is -3.59. The second-order valence-electron chi connectivity index (χ2n) is 8.81. The lowest BCUT2D eigenvalue weighted by Crippen LogP contribution is -2.39. The molecule has 0 spiro atoms.